The third kappa shape index (κ3) is 2.10. The van der Waals surface area contributed by atoms with Gasteiger partial charge in [0, 0.05) is 16.7 Å². The van der Waals surface area contributed by atoms with Crippen LogP contribution < -0.4 is 10.2 Å². The monoisotopic (exact) mass is 302 g/mol. The van der Waals surface area contributed by atoms with Crippen molar-refractivity contribution in [3.63, 3.8) is 0 Å². The van der Waals surface area contributed by atoms with Crippen molar-refractivity contribution >= 4 is 39.1 Å². The maximum atomic E-state index is 11.9. The van der Waals surface area contributed by atoms with E-state index in [1.54, 1.807) is 11.9 Å². The Kier molecular flexibility index (Phi) is 3.52. The number of halogens is 2. The number of nitrogens with zero attached hydrogens (tertiary/aromatic N) is 1. The number of hydrogen-bond donors (Lipinski definition) is 1. The van der Waals surface area contributed by atoms with Crippen molar-refractivity contribution in [3.8, 4) is 0 Å². The van der Waals surface area contributed by atoms with Gasteiger partial charge in [-0.3, -0.25) is 4.79 Å². The van der Waals surface area contributed by atoms with Crippen LogP contribution in [0.3, 0.4) is 0 Å². The summed E-state index contributed by atoms with van der Waals surface area (Å²) < 4.78 is 0.842. The molecule has 0 aliphatic carbocycles. The Morgan fingerprint density at radius 2 is 2.31 bits per heavy atom. The predicted octanol–water partition coefficient (Wildman–Crippen LogP) is 2.43. The van der Waals surface area contributed by atoms with E-state index in [1.165, 1.54) is 0 Å². The molecule has 0 bridgehead atoms. The Bertz CT molecular complexity index is 424. The molecular weight excluding hydrogens is 291 g/mol. The summed E-state index contributed by atoms with van der Waals surface area (Å²) in [5.41, 5.74) is 0.857. The lowest BCUT2D eigenvalue weighted by Gasteiger charge is -2.17. The SMILES string of the molecule is CNC1CCN(c2ccc(Br)c(Cl)c2)C1=O. The van der Waals surface area contributed by atoms with Gasteiger partial charge in [-0.25, -0.2) is 0 Å². The zero-order valence-corrected chi connectivity index (χ0v) is 11.2. The first-order valence-electron chi connectivity index (χ1n) is 5.07. The van der Waals surface area contributed by atoms with Gasteiger partial charge in [0.25, 0.3) is 0 Å². The molecule has 5 heteroatoms. The lowest BCUT2D eigenvalue weighted by atomic mass is 10.2. The highest BCUT2D eigenvalue weighted by Gasteiger charge is 2.31. The maximum Gasteiger partial charge on any atom is 0.244 e. The van der Waals surface area contributed by atoms with E-state index in [0.717, 1.165) is 23.1 Å². The number of likely N-dealkylation sites (N-methyl/N-ethyl adjacent to an activating group) is 1. The summed E-state index contributed by atoms with van der Waals surface area (Å²) in [4.78, 5) is 13.7. The van der Waals surface area contributed by atoms with Crippen LogP contribution >= 0.6 is 27.5 Å². The largest absolute Gasteiger partial charge is 0.311 e. The molecule has 0 saturated carbocycles. The maximum absolute atomic E-state index is 11.9. The molecule has 1 aromatic rings. The summed E-state index contributed by atoms with van der Waals surface area (Å²) >= 11 is 9.34. The van der Waals surface area contributed by atoms with E-state index in [4.69, 9.17) is 11.6 Å². The first kappa shape index (κ1) is 11.9. The van der Waals surface area contributed by atoms with E-state index in [1.807, 2.05) is 18.2 Å². The van der Waals surface area contributed by atoms with Gasteiger partial charge in [-0.2, -0.15) is 0 Å². The zero-order chi connectivity index (χ0) is 11.7. The molecule has 3 nitrogen and oxygen atoms in total. The average Bonchev–Trinajstić information content (AvgIpc) is 2.64. The van der Waals surface area contributed by atoms with Crippen LogP contribution in [0, 0.1) is 0 Å². The number of nitrogens with one attached hydrogen (secondary N) is 1. The Hall–Kier alpha value is -0.580. The van der Waals surface area contributed by atoms with Gasteiger partial charge in [-0.15, -0.1) is 0 Å². The van der Waals surface area contributed by atoms with Crippen molar-refractivity contribution in [2.45, 2.75) is 12.5 Å². The quantitative estimate of drug-likeness (QED) is 0.910. The summed E-state index contributed by atoms with van der Waals surface area (Å²) in [6.07, 6.45) is 0.836. The number of amides is 1. The molecule has 1 N–H and O–H groups in total. The summed E-state index contributed by atoms with van der Waals surface area (Å²) in [5, 5.41) is 3.63. The third-order valence-electron chi connectivity index (χ3n) is 2.77. The Labute approximate surface area is 108 Å². The van der Waals surface area contributed by atoms with Crippen LogP contribution in [0.1, 0.15) is 6.42 Å². The van der Waals surface area contributed by atoms with E-state index in [0.29, 0.717) is 5.02 Å². The van der Waals surface area contributed by atoms with E-state index in [9.17, 15) is 4.79 Å². The summed E-state index contributed by atoms with van der Waals surface area (Å²) in [6.45, 7) is 0.738. The number of carbonyl (C=O) groups excluding carboxylic acids is 1. The standard InChI is InChI=1S/C11H12BrClN2O/c1-14-10-4-5-15(11(10)16)7-2-3-8(12)9(13)6-7/h2-3,6,10,14H,4-5H2,1H3. The highest BCUT2D eigenvalue weighted by atomic mass is 79.9. The van der Waals surface area contributed by atoms with Crippen LogP contribution in [-0.4, -0.2) is 25.5 Å². The molecule has 2 rings (SSSR count). The van der Waals surface area contributed by atoms with Gasteiger partial charge in [-0.05, 0) is 47.6 Å². The fourth-order valence-corrected chi connectivity index (χ4v) is 2.28. The van der Waals surface area contributed by atoms with Gasteiger partial charge in [0.05, 0.1) is 11.1 Å². The van der Waals surface area contributed by atoms with E-state index >= 15 is 0 Å². The van der Waals surface area contributed by atoms with Crippen molar-refractivity contribution in [1.29, 1.82) is 0 Å². The first-order valence-corrected chi connectivity index (χ1v) is 6.24. The van der Waals surface area contributed by atoms with Gasteiger partial charge in [-0.1, -0.05) is 11.6 Å². The number of hydrogen-bond acceptors (Lipinski definition) is 2. The van der Waals surface area contributed by atoms with E-state index < -0.39 is 0 Å². The molecule has 1 aliphatic rings. The molecule has 0 spiro atoms. The molecule has 1 aliphatic heterocycles. The molecule has 0 aromatic heterocycles. The highest BCUT2D eigenvalue weighted by molar-refractivity contribution is 9.10. The molecule has 1 amide bonds. The molecule has 1 atom stereocenters. The van der Waals surface area contributed by atoms with Crippen LogP contribution in [0.15, 0.2) is 22.7 Å². The lowest BCUT2D eigenvalue weighted by molar-refractivity contribution is -0.118. The minimum atomic E-state index is -0.0672. The highest BCUT2D eigenvalue weighted by Crippen LogP contribution is 2.29. The Morgan fingerprint density at radius 1 is 1.56 bits per heavy atom. The number of benzene rings is 1. The average molecular weight is 304 g/mol. The number of rotatable bonds is 2. The molecule has 1 aromatic carbocycles. The predicted molar refractivity (Wildman–Crippen MR) is 69.0 cm³/mol. The van der Waals surface area contributed by atoms with Crippen molar-refractivity contribution in [3.05, 3.63) is 27.7 Å². The molecule has 1 heterocycles. The molecule has 16 heavy (non-hydrogen) atoms. The Morgan fingerprint density at radius 3 is 2.88 bits per heavy atom. The lowest BCUT2D eigenvalue weighted by Crippen LogP contribution is -2.36. The van der Waals surface area contributed by atoms with Crippen molar-refractivity contribution in [2.24, 2.45) is 0 Å². The van der Waals surface area contributed by atoms with Crippen LogP contribution in [-0.2, 0) is 4.79 Å². The molecule has 1 saturated heterocycles. The first-order chi connectivity index (χ1) is 7.63. The van der Waals surface area contributed by atoms with Gasteiger partial charge in [0.1, 0.15) is 0 Å². The normalized spacial score (nSPS) is 20.6. The summed E-state index contributed by atoms with van der Waals surface area (Å²) in [6, 6.07) is 5.49. The Balaban J connectivity index is 2.25. The topological polar surface area (TPSA) is 32.3 Å². The van der Waals surface area contributed by atoms with E-state index in [2.05, 4.69) is 21.2 Å². The van der Waals surface area contributed by atoms with Crippen LogP contribution in [0.4, 0.5) is 5.69 Å². The number of anilines is 1. The zero-order valence-electron chi connectivity index (χ0n) is 8.84. The van der Waals surface area contributed by atoms with Gasteiger partial charge in [0.15, 0.2) is 0 Å². The molecule has 1 fully saturated rings. The fourth-order valence-electron chi connectivity index (χ4n) is 1.86. The minimum absolute atomic E-state index is 0.0672. The summed E-state index contributed by atoms with van der Waals surface area (Å²) in [5.74, 6) is 0.112. The molecule has 1 unspecified atom stereocenters. The van der Waals surface area contributed by atoms with Crippen LogP contribution in [0.2, 0.25) is 5.02 Å². The second-order valence-electron chi connectivity index (χ2n) is 3.72. The minimum Gasteiger partial charge on any atom is -0.311 e. The smallest absolute Gasteiger partial charge is 0.244 e. The van der Waals surface area contributed by atoms with Gasteiger partial charge >= 0.3 is 0 Å². The molecular formula is C11H12BrClN2O. The molecule has 86 valence electrons. The second-order valence-corrected chi connectivity index (χ2v) is 4.98. The third-order valence-corrected chi connectivity index (χ3v) is 4.00. The second kappa shape index (κ2) is 4.73. The van der Waals surface area contributed by atoms with Crippen molar-refractivity contribution in [1.82, 2.24) is 5.32 Å². The summed E-state index contributed by atoms with van der Waals surface area (Å²) in [7, 11) is 1.81. The fraction of sp³-hybridized carbons (Fsp3) is 0.364. The number of carbonyl (C=O) groups is 1. The van der Waals surface area contributed by atoms with Gasteiger partial charge < -0.3 is 10.2 Å². The van der Waals surface area contributed by atoms with Gasteiger partial charge in [0.2, 0.25) is 5.91 Å². The van der Waals surface area contributed by atoms with Crippen LogP contribution in [0.25, 0.3) is 0 Å². The van der Waals surface area contributed by atoms with E-state index in [-0.39, 0.29) is 11.9 Å². The van der Waals surface area contributed by atoms with Crippen molar-refractivity contribution in [2.75, 3.05) is 18.5 Å². The van der Waals surface area contributed by atoms with Crippen LogP contribution in [0.5, 0.6) is 0 Å². The van der Waals surface area contributed by atoms with Crippen molar-refractivity contribution < 1.29 is 4.79 Å². The molecule has 0 radical (unpaired) electrons.